The average molecular weight is 354 g/mol. The summed E-state index contributed by atoms with van der Waals surface area (Å²) in [6.45, 7) is -0.244. The molecule has 2 aromatic rings. The Hall–Kier alpha value is -2.12. The second-order valence-corrected chi connectivity index (χ2v) is 5.02. The third kappa shape index (κ3) is 3.50. The number of nitrogens with zero attached hydrogens (tertiary/aromatic N) is 1. The van der Waals surface area contributed by atoms with E-state index in [9.17, 15) is 15.2 Å². The predicted molar refractivity (Wildman–Crippen MR) is 79.8 cm³/mol. The van der Waals surface area contributed by atoms with Gasteiger partial charge < -0.3 is 14.6 Å². The highest BCUT2D eigenvalue weighted by Crippen LogP contribution is 2.36. The molecule has 110 valence electrons. The van der Waals surface area contributed by atoms with Crippen molar-refractivity contribution in [2.45, 2.75) is 6.61 Å². The van der Waals surface area contributed by atoms with Gasteiger partial charge in [-0.1, -0.05) is 15.9 Å². The van der Waals surface area contributed by atoms with E-state index < -0.39 is 4.92 Å². The third-order valence-corrected chi connectivity index (χ3v) is 3.27. The summed E-state index contributed by atoms with van der Waals surface area (Å²) in [6.07, 6.45) is 0. The van der Waals surface area contributed by atoms with E-state index in [1.165, 1.54) is 25.3 Å². The Morgan fingerprint density at radius 2 is 2.00 bits per heavy atom. The fraction of sp³-hybridized carbons (Fsp3) is 0.143. The van der Waals surface area contributed by atoms with Crippen LogP contribution in [0.25, 0.3) is 0 Å². The maximum Gasteiger partial charge on any atom is 0.311 e. The third-order valence-electron chi connectivity index (χ3n) is 2.78. The number of hydrogen-bond acceptors (Lipinski definition) is 5. The van der Waals surface area contributed by atoms with Crippen molar-refractivity contribution in [1.82, 2.24) is 0 Å². The number of rotatable bonds is 5. The van der Waals surface area contributed by atoms with Gasteiger partial charge in [0, 0.05) is 22.2 Å². The van der Waals surface area contributed by atoms with E-state index in [-0.39, 0.29) is 18.0 Å². The first kappa shape index (κ1) is 15.3. The molecule has 21 heavy (non-hydrogen) atoms. The number of halogens is 1. The Kier molecular flexibility index (Phi) is 4.77. The lowest BCUT2D eigenvalue weighted by atomic mass is 10.2. The van der Waals surface area contributed by atoms with Gasteiger partial charge in [0.1, 0.15) is 11.5 Å². The smallest absolute Gasteiger partial charge is 0.311 e. The maximum atomic E-state index is 11.0. The van der Waals surface area contributed by atoms with E-state index in [0.29, 0.717) is 17.1 Å². The molecule has 0 amide bonds. The first-order valence-electron chi connectivity index (χ1n) is 5.94. The molecule has 2 rings (SSSR count). The van der Waals surface area contributed by atoms with Crippen molar-refractivity contribution in [3.63, 3.8) is 0 Å². The van der Waals surface area contributed by atoms with E-state index >= 15 is 0 Å². The molecule has 0 aliphatic heterocycles. The van der Waals surface area contributed by atoms with Crippen LogP contribution in [0.4, 0.5) is 5.69 Å². The Balaban J connectivity index is 2.45. The minimum atomic E-state index is -0.535. The normalized spacial score (nSPS) is 10.2. The van der Waals surface area contributed by atoms with Gasteiger partial charge in [-0.15, -0.1) is 0 Å². The van der Waals surface area contributed by atoms with Gasteiger partial charge in [0.15, 0.2) is 0 Å². The quantitative estimate of drug-likeness (QED) is 0.655. The Morgan fingerprint density at radius 3 is 2.62 bits per heavy atom. The van der Waals surface area contributed by atoms with Gasteiger partial charge in [-0.3, -0.25) is 10.1 Å². The summed E-state index contributed by atoms with van der Waals surface area (Å²) in [5.41, 5.74) is 0.337. The zero-order chi connectivity index (χ0) is 15.4. The van der Waals surface area contributed by atoms with Crippen LogP contribution < -0.4 is 9.47 Å². The summed E-state index contributed by atoms with van der Waals surface area (Å²) in [7, 11) is 1.46. The number of hydrogen-bond donors (Lipinski definition) is 1. The van der Waals surface area contributed by atoms with Gasteiger partial charge in [0.25, 0.3) is 0 Å². The van der Waals surface area contributed by atoms with Gasteiger partial charge >= 0.3 is 5.69 Å². The molecule has 0 aliphatic rings. The number of nitro groups is 1. The number of nitro benzene ring substituents is 1. The fourth-order valence-electron chi connectivity index (χ4n) is 1.74. The van der Waals surface area contributed by atoms with E-state index in [1.807, 2.05) is 0 Å². The van der Waals surface area contributed by atoms with Gasteiger partial charge in [0.2, 0.25) is 5.75 Å². The molecule has 7 heteroatoms. The molecule has 0 radical (unpaired) electrons. The van der Waals surface area contributed by atoms with Gasteiger partial charge in [0.05, 0.1) is 18.6 Å². The molecule has 0 saturated heterocycles. The molecule has 0 aliphatic carbocycles. The van der Waals surface area contributed by atoms with Crippen molar-refractivity contribution in [2.24, 2.45) is 0 Å². The summed E-state index contributed by atoms with van der Waals surface area (Å²) < 4.78 is 11.4. The molecule has 0 heterocycles. The minimum Gasteiger partial charge on any atom is -0.497 e. The first-order chi connectivity index (χ1) is 10.0. The second-order valence-electron chi connectivity index (χ2n) is 4.10. The lowest BCUT2D eigenvalue weighted by Crippen LogP contribution is -1.97. The van der Waals surface area contributed by atoms with Crippen LogP contribution in [0.15, 0.2) is 40.9 Å². The number of benzene rings is 2. The van der Waals surface area contributed by atoms with Crippen molar-refractivity contribution < 1.29 is 19.5 Å². The van der Waals surface area contributed by atoms with Gasteiger partial charge in [-0.2, -0.15) is 0 Å². The zero-order valence-electron chi connectivity index (χ0n) is 11.1. The van der Waals surface area contributed by atoms with Gasteiger partial charge in [-0.05, 0) is 24.3 Å². The summed E-state index contributed by atoms with van der Waals surface area (Å²) in [5, 5.41) is 20.4. The molecule has 0 atom stereocenters. The number of aliphatic hydroxyl groups is 1. The van der Waals surface area contributed by atoms with Crippen LogP contribution in [0, 0.1) is 10.1 Å². The van der Waals surface area contributed by atoms with E-state index in [4.69, 9.17) is 9.47 Å². The van der Waals surface area contributed by atoms with Crippen molar-refractivity contribution in [1.29, 1.82) is 0 Å². The van der Waals surface area contributed by atoms with E-state index in [0.717, 1.165) is 4.47 Å². The fourth-order valence-corrected chi connectivity index (χ4v) is 2.15. The van der Waals surface area contributed by atoms with Gasteiger partial charge in [-0.25, -0.2) is 0 Å². The van der Waals surface area contributed by atoms with E-state index in [2.05, 4.69) is 15.9 Å². The van der Waals surface area contributed by atoms with Crippen LogP contribution in [-0.2, 0) is 6.61 Å². The molecule has 2 aromatic carbocycles. The topological polar surface area (TPSA) is 81.8 Å². The number of aliphatic hydroxyl groups excluding tert-OH is 1. The summed E-state index contributed by atoms with van der Waals surface area (Å²) in [5.74, 6) is 0.840. The largest absolute Gasteiger partial charge is 0.497 e. The zero-order valence-corrected chi connectivity index (χ0v) is 12.7. The second kappa shape index (κ2) is 6.55. The van der Waals surface area contributed by atoms with Crippen LogP contribution in [-0.4, -0.2) is 17.1 Å². The lowest BCUT2D eigenvalue weighted by Gasteiger charge is -2.11. The number of methoxy groups -OCH3 is 1. The molecule has 1 N–H and O–H groups in total. The molecule has 0 aromatic heterocycles. The van der Waals surface area contributed by atoms with Crippen LogP contribution in [0.2, 0.25) is 0 Å². The standard InChI is InChI=1S/C14H12BrNO5/c1-20-11-3-4-12(16(18)19)14(7-11)21-13-5-2-10(15)6-9(13)8-17/h2-7,17H,8H2,1H3. The molecular formula is C14H12BrNO5. The van der Waals surface area contributed by atoms with Crippen LogP contribution in [0.1, 0.15) is 5.56 Å². The van der Waals surface area contributed by atoms with Crippen LogP contribution >= 0.6 is 15.9 Å². The molecule has 0 bridgehead atoms. The summed E-state index contributed by atoms with van der Waals surface area (Å²) in [4.78, 5) is 10.5. The summed E-state index contributed by atoms with van der Waals surface area (Å²) in [6, 6.07) is 9.26. The highest BCUT2D eigenvalue weighted by Gasteiger charge is 2.18. The average Bonchev–Trinajstić information content (AvgIpc) is 2.48. The molecule has 0 spiro atoms. The highest BCUT2D eigenvalue weighted by molar-refractivity contribution is 9.10. The highest BCUT2D eigenvalue weighted by atomic mass is 79.9. The molecule has 0 unspecified atom stereocenters. The minimum absolute atomic E-state index is 0.0522. The molecular weight excluding hydrogens is 342 g/mol. The molecule has 6 nitrogen and oxygen atoms in total. The summed E-state index contributed by atoms with van der Waals surface area (Å²) >= 11 is 3.29. The molecule has 0 fully saturated rings. The van der Waals surface area contributed by atoms with Crippen LogP contribution in [0.3, 0.4) is 0 Å². The Labute approximate surface area is 129 Å². The first-order valence-corrected chi connectivity index (χ1v) is 6.74. The SMILES string of the molecule is COc1ccc([N+](=O)[O-])c(Oc2ccc(Br)cc2CO)c1. The predicted octanol–water partition coefficient (Wildman–Crippen LogP) is 3.65. The van der Waals surface area contributed by atoms with E-state index in [1.54, 1.807) is 18.2 Å². The maximum absolute atomic E-state index is 11.0. The van der Waals surface area contributed by atoms with Crippen LogP contribution in [0.5, 0.6) is 17.2 Å². The monoisotopic (exact) mass is 353 g/mol. The number of ether oxygens (including phenoxy) is 2. The van der Waals surface area contributed by atoms with Crippen molar-refractivity contribution in [2.75, 3.05) is 7.11 Å². The Morgan fingerprint density at radius 1 is 1.24 bits per heavy atom. The Bertz CT molecular complexity index is 674. The van der Waals surface area contributed by atoms with Crippen molar-refractivity contribution in [3.05, 3.63) is 56.5 Å². The van der Waals surface area contributed by atoms with Crippen molar-refractivity contribution in [3.8, 4) is 17.2 Å². The lowest BCUT2D eigenvalue weighted by molar-refractivity contribution is -0.385. The molecule has 0 saturated carbocycles. The van der Waals surface area contributed by atoms with Crippen molar-refractivity contribution >= 4 is 21.6 Å².